The summed E-state index contributed by atoms with van der Waals surface area (Å²) in [5, 5.41) is 0.105. The number of esters is 1. The Labute approximate surface area is 124 Å². The van der Waals surface area contributed by atoms with Crippen molar-refractivity contribution >= 4 is 14.3 Å². The third-order valence-corrected chi connectivity index (χ3v) is 8.53. The van der Waals surface area contributed by atoms with Crippen molar-refractivity contribution in [3.63, 3.8) is 0 Å². The van der Waals surface area contributed by atoms with Crippen molar-refractivity contribution in [2.24, 2.45) is 5.92 Å². The van der Waals surface area contributed by atoms with Gasteiger partial charge in [0.05, 0.1) is 12.2 Å². The average Bonchev–Trinajstić information content (AvgIpc) is 2.27. The molecule has 0 fully saturated rings. The number of carbonyl (C=O) groups excluding carboxylic acids is 1. The second kappa shape index (κ2) is 6.16. The number of ether oxygens (including phenoxy) is 1. The van der Waals surface area contributed by atoms with Crippen LogP contribution >= 0.6 is 0 Å². The molecule has 0 spiro atoms. The van der Waals surface area contributed by atoms with Crippen molar-refractivity contribution in [3.05, 3.63) is 23.5 Å². The zero-order valence-electron chi connectivity index (χ0n) is 13.9. The maximum absolute atomic E-state index is 12.2. The smallest absolute Gasteiger partial charge is 0.337 e. The van der Waals surface area contributed by atoms with Crippen LogP contribution in [0.2, 0.25) is 18.1 Å². The topological polar surface area (TPSA) is 35.5 Å². The number of allylic oxidation sites excluding steroid dienone is 2. The Morgan fingerprint density at radius 3 is 2.50 bits per heavy atom. The van der Waals surface area contributed by atoms with Gasteiger partial charge in [-0.1, -0.05) is 33.8 Å². The van der Waals surface area contributed by atoms with Crippen LogP contribution < -0.4 is 0 Å². The third kappa shape index (κ3) is 3.75. The molecule has 20 heavy (non-hydrogen) atoms. The molecule has 0 bridgehead atoms. The summed E-state index contributed by atoms with van der Waals surface area (Å²) in [5.41, 5.74) is 0.694. The minimum absolute atomic E-state index is 0.105. The van der Waals surface area contributed by atoms with Crippen molar-refractivity contribution in [2.75, 3.05) is 6.61 Å². The summed E-state index contributed by atoms with van der Waals surface area (Å²) in [5.74, 6) is 0.630. The quantitative estimate of drug-likeness (QED) is 0.569. The van der Waals surface area contributed by atoms with E-state index in [1.165, 1.54) is 0 Å². The molecule has 1 unspecified atom stereocenters. The van der Waals surface area contributed by atoms with Gasteiger partial charge < -0.3 is 9.16 Å². The van der Waals surface area contributed by atoms with E-state index in [2.05, 4.69) is 39.9 Å². The fourth-order valence-electron chi connectivity index (χ4n) is 1.86. The summed E-state index contributed by atoms with van der Waals surface area (Å²) in [4.78, 5) is 12.2. The molecule has 1 atom stereocenters. The molecule has 0 saturated carbocycles. The van der Waals surface area contributed by atoms with Crippen molar-refractivity contribution in [1.29, 1.82) is 0 Å². The lowest BCUT2D eigenvalue weighted by molar-refractivity contribution is -0.139. The molecule has 0 amide bonds. The normalized spacial score (nSPS) is 20.1. The fraction of sp³-hybridized carbons (Fsp3) is 0.688. The molecular formula is C16H28O3Si. The molecule has 0 aromatic heterocycles. The Bertz CT molecular complexity index is 427. The van der Waals surface area contributed by atoms with Crippen molar-refractivity contribution < 1.29 is 14.0 Å². The molecule has 0 aromatic rings. The standard InChI is InChI=1S/C16H28O3Si/c1-8-18-15(17)14-12(2)10-9-11-13(14)19-20(6,7)16(3,4)5/h9,11-12H,8,10H2,1-7H3. The van der Waals surface area contributed by atoms with Gasteiger partial charge in [0.2, 0.25) is 8.32 Å². The van der Waals surface area contributed by atoms with Gasteiger partial charge in [0.1, 0.15) is 5.76 Å². The highest BCUT2D eigenvalue weighted by molar-refractivity contribution is 6.74. The molecule has 0 saturated heterocycles. The summed E-state index contributed by atoms with van der Waals surface area (Å²) in [7, 11) is -1.95. The van der Waals surface area contributed by atoms with Crippen LogP contribution in [-0.4, -0.2) is 20.9 Å². The fourth-order valence-corrected chi connectivity index (χ4v) is 2.89. The predicted octanol–water partition coefficient (Wildman–Crippen LogP) is 4.42. The molecule has 0 N–H and O–H groups in total. The minimum Gasteiger partial charge on any atom is -0.543 e. The second-order valence-electron chi connectivity index (χ2n) is 6.90. The van der Waals surface area contributed by atoms with Crippen LogP contribution in [0.15, 0.2) is 23.5 Å². The van der Waals surface area contributed by atoms with Gasteiger partial charge in [0, 0.05) is 0 Å². The molecule has 0 heterocycles. The largest absolute Gasteiger partial charge is 0.543 e. The number of carbonyl (C=O) groups is 1. The van der Waals surface area contributed by atoms with Gasteiger partial charge in [-0.25, -0.2) is 4.79 Å². The Hall–Kier alpha value is -1.03. The van der Waals surface area contributed by atoms with Crippen LogP contribution in [0.4, 0.5) is 0 Å². The van der Waals surface area contributed by atoms with Crippen LogP contribution in [0.3, 0.4) is 0 Å². The Balaban J connectivity index is 3.12. The van der Waals surface area contributed by atoms with Gasteiger partial charge in [-0.15, -0.1) is 0 Å². The van der Waals surface area contributed by atoms with Crippen LogP contribution in [0, 0.1) is 5.92 Å². The van der Waals surface area contributed by atoms with Gasteiger partial charge in [0.25, 0.3) is 0 Å². The van der Waals surface area contributed by atoms with Gasteiger partial charge in [0.15, 0.2) is 0 Å². The molecule has 0 aromatic carbocycles. The van der Waals surface area contributed by atoms with Crippen molar-refractivity contribution in [3.8, 4) is 0 Å². The molecule has 0 radical (unpaired) electrons. The highest BCUT2D eigenvalue weighted by atomic mass is 28.4. The first kappa shape index (κ1) is 17.0. The summed E-state index contributed by atoms with van der Waals surface area (Å²) in [6.07, 6.45) is 4.88. The van der Waals surface area contributed by atoms with Crippen LogP contribution in [0.25, 0.3) is 0 Å². The van der Waals surface area contributed by atoms with Crippen molar-refractivity contribution in [2.45, 2.75) is 59.2 Å². The maximum atomic E-state index is 12.2. The maximum Gasteiger partial charge on any atom is 0.337 e. The third-order valence-electron chi connectivity index (χ3n) is 4.18. The van der Waals surface area contributed by atoms with E-state index in [4.69, 9.17) is 9.16 Å². The van der Waals surface area contributed by atoms with Gasteiger partial charge in [-0.3, -0.25) is 0 Å². The molecule has 1 rings (SSSR count). The Morgan fingerprint density at radius 1 is 1.40 bits per heavy atom. The molecule has 3 nitrogen and oxygen atoms in total. The first-order valence-corrected chi connectivity index (χ1v) is 10.3. The monoisotopic (exact) mass is 296 g/mol. The number of hydrogen-bond acceptors (Lipinski definition) is 3. The average molecular weight is 296 g/mol. The van der Waals surface area contributed by atoms with Crippen molar-refractivity contribution in [1.82, 2.24) is 0 Å². The van der Waals surface area contributed by atoms with Gasteiger partial charge >= 0.3 is 5.97 Å². The zero-order valence-corrected chi connectivity index (χ0v) is 14.9. The summed E-state index contributed by atoms with van der Waals surface area (Å²) in [6.45, 7) is 15.2. The van der Waals surface area contributed by atoms with Gasteiger partial charge in [-0.05, 0) is 43.5 Å². The van der Waals surface area contributed by atoms with Crippen LogP contribution in [0.1, 0.15) is 41.0 Å². The summed E-state index contributed by atoms with van der Waals surface area (Å²) < 4.78 is 11.5. The highest BCUT2D eigenvalue weighted by Gasteiger charge is 2.40. The first-order valence-electron chi connectivity index (χ1n) is 7.37. The van der Waals surface area contributed by atoms with Crippen LogP contribution in [0.5, 0.6) is 0 Å². The summed E-state index contributed by atoms with van der Waals surface area (Å²) >= 11 is 0. The lowest BCUT2D eigenvalue weighted by Crippen LogP contribution is -2.41. The Kier molecular flexibility index (Phi) is 5.25. The first-order chi connectivity index (χ1) is 9.10. The van der Waals surface area contributed by atoms with E-state index >= 15 is 0 Å². The van der Waals surface area contributed by atoms with E-state index in [0.717, 1.165) is 6.42 Å². The van der Waals surface area contributed by atoms with E-state index in [-0.39, 0.29) is 16.9 Å². The van der Waals surface area contributed by atoms with Crippen LogP contribution in [-0.2, 0) is 14.0 Å². The summed E-state index contributed by atoms with van der Waals surface area (Å²) in [6, 6.07) is 0. The molecule has 1 aliphatic carbocycles. The molecule has 1 aliphatic rings. The molecule has 4 heteroatoms. The van der Waals surface area contributed by atoms with E-state index in [1.807, 2.05) is 19.9 Å². The van der Waals surface area contributed by atoms with E-state index < -0.39 is 8.32 Å². The molecule has 0 aliphatic heterocycles. The Morgan fingerprint density at radius 2 is 2.00 bits per heavy atom. The SMILES string of the molecule is CCOC(=O)C1=C(O[Si](C)(C)C(C)(C)C)C=CCC1C. The number of hydrogen-bond donors (Lipinski definition) is 0. The zero-order chi connectivity index (χ0) is 15.6. The molecular weight excluding hydrogens is 268 g/mol. The predicted molar refractivity (Wildman–Crippen MR) is 84.9 cm³/mol. The molecule has 114 valence electrons. The lowest BCUT2D eigenvalue weighted by Gasteiger charge is -2.38. The van der Waals surface area contributed by atoms with E-state index in [1.54, 1.807) is 0 Å². The number of rotatable bonds is 4. The lowest BCUT2D eigenvalue weighted by atomic mass is 9.92. The van der Waals surface area contributed by atoms with E-state index in [9.17, 15) is 4.79 Å². The van der Waals surface area contributed by atoms with Gasteiger partial charge in [-0.2, -0.15) is 0 Å². The second-order valence-corrected chi connectivity index (χ2v) is 11.6. The van der Waals surface area contributed by atoms with E-state index in [0.29, 0.717) is 17.9 Å². The highest BCUT2D eigenvalue weighted by Crippen LogP contribution is 2.40. The minimum atomic E-state index is -1.95.